The van der Waals surface area contributed by atoms with E-state index in [0.29, 0.717) is 14.9 Å². The number of rotatable bonds is 3. The molecule has 2 aromatic rings. The zero-order valence-electron chi connectivity index (χ0n) is 9.00. The molecule has 0 saturated heterocycles. The second-order valence-corrected chi connectivity index (χ2v) is 6.96. The van der Waals surface area contributed by atoms with E-state index in [1.165, 1.54) is 22.7 Å². The molecule has 1 heterocycles. The van der Waals surface area contributed by atoms with Crippen LogP contribution in [0.3, 0.4) is 0 Å². The molecule has 0 aliphatic rings. The van der Waals surface area contributed by atoms with Crippen LogP contribution in [0.5, 0.6) is 0 Å². The van der Waals surface area contributed by atoms with Gasteiger partial charge in [-0.25, -0.2) is 8.42 Å². The minimum atomic E-state index is -3.45. The lowest BCUT2D eigenvalue weighted by Crippen LogP contribution is -2.25. The fourth-order valence-corrected chi connectivity index (χ4v) is 3.82. The monoisotopic (exact) mass is 287 g/mol. The van der Waals surface area contributed by atoms with Crippen molar-refractivity contribution >= 4 is 38.6 Å². The average molecular weight is 288 g/mol. The van der Waals surface area contributed by atoms with Gasteiger partial charge in [-0.1, -0.05) is 17.7 Å². The Labute approximate surface area is 109 Å². The Bertz CT molecular complexity index is 591. The third kappa shape index (κ3) is 2.46. The molecule has 0 aliphatic heterocycles. The predicted octanol–water partition coefficient (Wildman–Crippen LogP) is 3.23. The number of hydrogen-bond donors (Lipinski definition) is 0. The molecule has 3 nitrogen and oxygen atoms in total. The van der Waals surface area contributed by atoms with Crippen LogP contribution in [0.15, 0.2) is 46.0 Å². The molecule has 90 valence electrons. The van der Waals surface area contributed by atoms with E-state index < -0.39 is 10.0 Å². The second kappa shape index (κ2) is 4.68. The predicted molar refractivity (Wildman–Crippen MR) is 71.4 cm³/mol. The fourth-order valence-electron chi connectivity index (χ4n) is 1.34. The second-order valence-electron chi connectivity index (χ2n) is 3.38. The molecular formula is C11H10ClNO2S2. The van der Waals surface area contributed by atoms with Gasteiger partial charge >= 0.3 is 0 Å². The summed E-state index contributed by atoms with van der Waals surface area (Å²) in [4.78, 5) is 0. The lowest BCUT2D eigenvalue weighted by atomic mass is 10.3. The third-order valence-electron chi connectivity index (χ3n) is 2.30. The van der Waals surface area contributed by atoms with E-state index in [1.807, 2.05) is 0 Å². The molecule has 0 fully saturated rings. The van der Waals surface area contributed by atoms with Crippen LogP contribution in [-0.4, -0.2) is 15.5 Å². The smallest absolute Gasteiger partial charge is 0.269 e. The molecule has 0 amide bonds. The summed E-state index contributed by atoms with van der Waals surface area (Å²) in [6.07, 6.45) is 0. The molecule has 6 heteroatoms. The number of halogens is 1. The van der Waals surface area contributed by atoms with E-state index in [-0.39, 0.29) is 0 Å². The Morgan fingerprint density at radius 1 is 1.18 bits per heavy atom. The lowest BCUT2D eigenvalue weighted by Gasteiger charge is -2.18. The molecule has 1 aromatic carbocycles. The highest BCUT2D eigenvalue weighted by atomic mass is 35.5. The summed E-state index contributed by atoms with van der Waals surface area (Å²) in [6, 6.07) is 9.98. The molecule has 2 rings (SSSR count). The van der Waals surface area contributed by atoms with Crippen molar-refractivity contribution in [1.29, 1.82) is 0 Å². The first kappa shape index (κ1) is 12.4. The van der Waals surface area contributed by atoms with Gasteiger partial charge in [0.15, 0.2) is 0 Å². The van der Waals surface area contributed by atoms with Gasteiger partial charge in [0.05, 0.1) is 5.69 Å². The van der Waals surface area contributed by atoms with Gasteiger partial charge in [0, 0.05) is 12.1 Å². The van der Waals surface area contributed by atoms with Crippen LogP contribution in [-0.2, 0) is 10.0 Å². The Morgan fingerprint density at radius 2 is 1.82 bits per heavy atom. The van der Waals surface area contributed by atoms with Crippen molar-refractivity contribution < 1.29 is 8.42 Å². The van der Waals surface area contributed by atoms with Crippen molar-refractivity contribution in [2.45, 2.75) is 4.21 Å². The average Bonchev–Trinajstić information content (AvgIpc) is 2.83. The van der Waals surface area contributed by atoms with E-state index >= 15 is 0 Å². The van der Waals surface area contributed by atoms with E-state index in [0.717, 1.165) is 0 Å². The van der Waals surface area contributed by atoms with E-state index in [9.17, 15) is 8.42 Å². The number of nitrogens with zero attached hydrogens (tertiary/aromatic N) is 1. The van der Waals surface area contributed by atoms with Gasteiger partial charge < -0.3 is 0 Å². The minimum absolute atomic E-state index is 0.329. The summed E-state index contributed by atoms with van der Waals surface area (Å²) in [7, 11) is -1.93. The van der Waals surface area contributed by atoms with Gasteiger partial charge in [0.2, 0.25) is 0 Å². The van der Waals surface area contributed by atoms with Gasteiger partial charge in [-0.05, 0) is 35.7 Å². The van der Waals surface area contributed by atoms with Gasteiger partial charge in [-0.2, -0.15) is 0 Å². The number of benzene rings is 1. The Balaban J connectivity index is 2.38. The molecule has 0 spiro atoms. The van der Waals surface area contributed by atoms with Crippen molar-refractivity contribution in [3.8, 4) is 0 Å². The van der Waals surface area contributed by atoms with Gasteiger partial charge in [-0.15, -0.1) is 11.3 Å². The highest BCUT2D eigenvalue weighted by molar-refractivity contribution is 7.94. The van der Waals surface area contributed by atoms with Gasteiger partial charge in [-0.3, -0.25) is 4.31 Å². The largest absolute Gasteiger partial charge is 0.273 e. The highest BCUT2D eigenvalue weighted by Gasteiger charge is 2.21. The van der Waals surface area contributed by atoms with Crippen molar-refractivity contribution in [1.82, 2.24) is 0 Å². The minimum Gasteiger partial charge on any atom is -0.269 e. The summed E-state index contributed by atoms with van der Waals surface area (Å²) < 4.78 is 25.9. The molecule has 17 heavy (non-hydrogen) atoms. The maximum atomic E-state index is 12.2. The first-order valence-corrected chi connectivity index (χ1v) is 7.49. The van der Waals surface area contributed by atoms with Crippen molar-refractivity contribution in [2.75, 3.05) is 11.4 Å². The van der Waals surface area contributed by atoms with Crippen LogP contribution >= 0.6 is 22.9 Å². The van der Waals surface area contributed by atoms with Crippen LogP contribution in [0.2, 0.25) is 5.02 Å². The fraction of sp³-hybridized carbons (Fsp3) is 0.0909. The standard InChI is InChI=1S/C11H10ClNO2S2/c1-13(10-6-4-9(12)5-7-10)17(14,15)11-3-2-8-16-11/h2-8H,1H3. The SMILES string of the molecule is CN(c1ccc(Cl)cc1)S(=O)(=O)c1cccs1. The first-order valence-electron chi connectivity index (χ1n) is 4.80. The van der Waals surface area contributed by atoms with Crippen LogP contribution in [0.4, 0.5) is 5.69 Å². The van der Waals surface area contributed by atoms with E-state index in [1.54, 1.807) is 41.8 Å². The van der Waals surface area contributed by atoms with Crippen LogP contribution in [0.1, 0.15) is 0 Å². The molecule has 0 N–H and O–H groups in total. The summed E-state index contributed by atoms with van der Waals surface area (Å²) in [5.74, 6) is 0. The van der Waals surface area contributed by atoms with E-state index in [4.69, 9.17) is 11.6 Å². The zero-order valence-corrected chi connectivity index (χ0v) is 11.4. The summed E-state index contributed by atoms with van der Waals surface area (Å²) in [5.41, 5.74) is 0.586. The van der Waals surface area contributed by atoms with Crippen molar-refractivity contribution in [2.24, 2.45) is 0 Å². The molecule has 0 aliphatic carbocycles. The van der Waals surface area contributed by atoms with Crippen LogP contribution < -0.4 is 4.31 Å². The topological polar surface area (TPSA) is 37.4 Å². The van der Waals surface area contributed by atoms with Crippen molar-refractivity contribution in [3.05, 3.63) is 46.8 Å². The quantitative estimate of drug-likeness (QED) is 0.869. The third-order valence-corrected chi connectivity index (χ3v) is 5.71. The Hall–Kier alpha value is -1.04. The van der Waals surface area contributed by atoms with Crippen molar-refractivity contribution in [3.63, 3.8) is 0 Å². The number of hydrogen-bond acceptors (Lipinski definition) is 3. The number of sulfonamides is 1. The maximum absolute atomic E-state index is 12.2. The summed E-state index contributed by atoms with van der Waals surface area (Å²) in [6.45, 7) is 0. The number of thiophene rings is 1. The highest BCUT2D eigenvalue weighted by Crippen LogP contribution is 2.25. The molecule has 1 aromatic heterocycles. The van der Waals surface area contributed by atoms with Crippen LogP contribution in [0.25, 0.3) is 0 Å². The van der Waals surface area contributed by atoms with Gasteiger partial charge in [0.25, 0.3) is 10.0 Å². The maximum Gasteiger partial charge on any atom is 0.273 e. The zero-order chi connectivity index (χ0) is 12.5. The number of anilines is 1. The normalized spacial score (nSPS) is 11.4. The molecule has 0 atom stereocenters. The lowest BCUT2D eigenvalue weighted by molar-refractivity contribution is 0.596. The summed E-state index contributed by atoms with van der Waals surface area (Å²) >= 11 is 6.96. The molecule has 0 unspecified atom stereocenters. The molecule has 0 saturated carbocycles. The summed E-state index contributed by atoms with van der Waals surface area (Å²) in [5, 5.41) is 2.32. The Kier molecular flexibility index (Phi) is 3.42. The first-order chi connectivity index (χ1) is 8.01. The molecule has 0 radical (unpaired) electrons. The van der Waals surface area contributed by atoms with Gasteiger partial charge in [0.1, 0.15) is 4.21 Å². The molecule has 0 bridgehead atoms. The Morgan fingerprint density at radius 3 is 2.35 bits per heavy atom. The van der Waals surface area contributed by atoms with E-state index in [2.05, 4.69) is 0 Å². The van der Waals surface area contributed by atoms with Crippen LogP contribution in [0, 0.1) is 0 Å². The molecular weight excluding hydrogens is 278 g/mol.